The lowest BCUT2D eigenvalue weighted by atomic mass is 10.0. The first-order valence-electron chi connectivity index (χ1n) is 6.85. The zero-order valence-electron chi connectivity index (χ0n) is 12.4. The first kappa shape index (κ1) is 15.3. The van der Waals surface area contributed by atoms with Crippen molar-refractivity contribution in [3.05, 3.63) is 23.8 Å². The summed E-state index contributed by atoms with van der Waals surface area (Å²) >= 11 is 0. The molecule has 114 valence electrons. The molecule has 2 atom stereocenters. The van der Waals surface area contributed by atoms with Crippen LogP contribution < -0.4 is 10.1 Å². The number of rotatable bonds is 5. The Kier molecular flexibility index (Phi) is 4.47. The van der Waals surface area contributed by atoms with Crippen molar-refractivity contribution in [3.63, 3.8) is 0 Å². The normalized spacial score (nSPS) is 18.7. The lowest BCUT2D eigenvalue weighted by Gasteiger charge is -2.26. The van der Waals surface area contributed by atoms with Crippen molar-refractivity contribution in [3.8, 4) is 5.75 Å². The molecular weight excluding hydrogens is 272 g/mol. The van der Waals surface area contributed by atoms with E-state index in [0.717, 1.165) is 5.56 Å². The van der Waals surface area contributed by atoms with Crippen LogP contribution >= 0.6 is 0 Å². The SMILES string of the molecule is CC1Oc2ccc(CC(CC(=O)O)N(C)C)cc2NC1=O. The van der Waals surface area contributed by atoms with E-state index in [0.29, 0.717) is 17.9 Å². The number of carboxylic acid groups (broad SMARTS) is 1. The van der Waals surface area contributed by atoms with E-state index >= 15 is 0 Å². The Balaban J connectivity index is 2.16. The fourth-order valence-corrected chi connectivity index (χ4v) is 2.29. The first-order chi connectivity index (χ1) is 9.86. The fraction of sp³-hybridized carbons (Fsp3) is 0.467. The molecule has 2 N–H and O–H groups in total. The van der Waals surface area contributed by atoms with Gasteiger partial charge in [-0.05, 0) is 45.1 Å². The highest BCUT2D eigenvalue weighted by Crippen LogP contribution is 2.31. The van der Waals surface area contributed by atoms with E-state index in [1.165, 1.54) is 0 Å². The van der Waals surface area contributed by atoms with Crippen LogP contribution in [0.15, 0.2) is 18.2 Å². The number of hydrogen-bond acceptors (Lipinski definition) is 4. The molecule has 6 nitrogen and oxygen atoms in total. The molecule has 0 radical (unpaired) electrons. The summed E-state index contributed by atoms with van der Waals surface area (Å²) in [5, 5.41) is 11.8. The predicted molar refractivity (Wildman–Crippen MR) is 78.6 cm³/mol. The van der Waals surface area contributed by atoms with Crippen LogP contribution in [0.3, 0.4) is 0 Å². The van der Waals surface area contributed by atoms with Gasteiger partial charge in [0.15, 0.2) is 6.10 Å². The maximum atomic E-state index is 11.6. The molecule has 2 unspecified atom stereocenters. The first-order valence-corrected chi connectivity index (χ1v) is 6.85. The number of nitrogens with zero attached hydrogens (tertiary/aromatic N) is 1. The number of likely N-dealkylation sites (N-methyl/N-ethyl adjacent to an activating group) is 1. The van der Waals surface area contributed by atoms with Crippen LogP contribution in [-0.4, -0.2) is 48.1 Å². The molecule has 1 aliphatic rings. The second-order valence-corrected chi connectivity index (χ2v) is 5.50. The number of anilines is 1. The molecule has 1 aromatic carbocycles. The minimum absolute atomic E-state index is 0.0734. The van der Waals surface area contributed by atoms with E-state index in [-0.39, 0.29) is 18.4 Å². The number of carbonyl (C=O) groups excluding carboxylic acids is 1. The van der Waals surface area contributed by atoms with Gasteiger partial charge in [-0.25, -0.2) is 0 Å². The van der Waals surface area contributed by atoms with Gasteiger partial charge < -0.3 is 20.1 Å². The number of aliphatic carboxylic acids is 1. The van der Waals surface area contributed by atoms with Gasteiger partial charge in [0.1, 0.15) is 5.75 Å². The number of amides is 1. The Morgan fingerprint density at radius 3 is 2.81 bits per heavy atom. The van der Waals surface area contributed by atoms with Crippen molar-refractivity contribution in [2.24, 2.45) is 0 Å². The van der Waals surface area contributed by atoms with E-state index in [1.54, 1.807) is 6.92 Å². The molecule has 1 heterocycles. The quantitative estimate of drug-likeness (QED) is 0.856. The summed E-state index contributed by atoms with van der Waals surface area (Å²) in [5.41, 5.74) is 1.61. The molecule has 0 spiro atoms. The zero-order valence-corrected chi connectivity index (χ0v) is 12.4. The topological polar surface area (TPSA) is 78.9 Å². The van der Waals surface area contributed by atoms with Crippen LogP contribution in [0.1, 0.15) is 18.9 Å². The lowest BCUT2D eigenvalue weighted by Crippen LogP contribution is -2.35. The van der Waals surface area contributed by atoms with Gasteiger partial charge in [0.25, 0.3) is 5.91 Å². The number of ether oxygens (including phenoxy) is 1. The molecule has 0 aromatic heterocycles. The summed E-state index contributed by atoms with van der Waals surface area (Å²) < 4.78 is 5.50. The molecule has 6 heteroatoms. The third kappa shape index (κ3) is 3.72. The standard InChI is InChI=1S/C15H20N2O4/c1-9-15(20)16-12-7-10(4-5-13(12)21-9)6-11(17(2)3)8-14(18)19/h4-5,7,9,11H,6,8H2,1-3H3,(H,16,20)(H,18,19). The Morgan fingerprint density at radius 2 is 2.19 bits per heavy atom. The fourth-order valence-electron chi connectivity index (χ4n) is 2.29. The monoisotopic (exact) mass is 292 g/mol. The average molecular weight is 292 g/mol. The maximum absolute atomic E-state index is 11.6. The van der Waals surface area contributed by atoms with Crippen LogP contribution in [0.5, 0.6) is 5.75 Å². The van der Waals surface area contributed by atoms with Gasteiger partial charge in [0.05, 0.1) is 12.1 Å². The van der Waals surface area contributed by atoms with Crippen LogP contribution in [0.4, 0.5) is 5.69 Å². The van der Waals surface area contributed by atoms with Crippen LogP contribution in [-0.2, 0) is 16.0 Å². The highest BCUT2D eigenvalue weighted by molar-refractivity contribution is 5.97. The second kappa shape index (κ2) is 6.13. The summed E-state index contributed by atoms with van der Waals surface area (Å²) in [4.78, 5) is 24.4. The molecule has 0 fully saturated rings. The molecule has 2 rings (SSSR count). The summed E-state index contributed by atoms with van der Waals surface area (Å²) in [5.74, 6) is -0.350. The second-order valence-electron chi connectivity index (χ2n) is 5.50. The van der Waals surface area contributed by atoms with Crippen molar-refractivity contribution in [1.29, 1.82) is 0 Å². The van der Waals surface area contributed by atoms with Crippen molar-refractivity contribution in [2.45, 2.75) is 31.9 Å². The van der Waals surface area contributed by atoms with Gasteiger partial charge in [-0.3, -0.25) is 9.59 Å². The van der Waals surface area contributed by atoms with Gasteiger partial charge in [-0.15, -0.1) is 0 Å². The molecule has 1 aliphatic heterocycles. The number of carboxylic acids is 1. The van der Waals surface area contributed by atoms with E-state index in [1.807, 2.05) is 37.2 Å². The zero-order chi connectivity index (χ0) is 15.6. The van der Waals surface area contributed by atoms with Crippen molar-refractivity contribution < 1.29 is 19.4 Å². The lowest BCUT2D eigenvalue weighted by molar-refractivity contribution is -0.138. The van der Waals surface area contributed by atoms with E-state index in [9.17, 15) is 9.59 Å². The number of benzene rings is 1. The average Bonchev–Trinajstić information content (AvgIpc) is 2.39. The number of nitrogens with one attached hydrogen (secondary N) is 1. The highest BCUT2D eigenvalue weighted by Gasteiger charge is 2.24. The summed E-state index contributed by atoms with van der Waals surface area (Å²) in [7, 11) is 3.72. The van der Waals surface area contributed by atoms with Crippen molar-refractivity contribution in [2.75, 3.05) is 19.4 Å². The molecule has 0 bridgehead atoms. The Labute approximate surface area is 123 Å². The Morgan fingerprint density at radius 1 is 1.48 bits per heavy atom. The molecule has 0 saturated heterocycles. The van der Waals surface area contributed by atoms with Crippen LogP contribution in [0.25, 0.3) is 0 Å². The molecule has 0 saturated carbocycles. The van der Waals surface area contributed by atoms with E-state index in [2.05, 4.69) is 5.32 Å². The highest BCUT2D eigenvalue weighted by atomic mass is 16.5. The van der Waals surface area contributed by atoms with Crippen molar-refractivity contribution >= 4 is 17.6 Å². The largest absolute Gasteiger partial charge is 0.481 e. The Bertz CT molecular complexity index is 557. The number of carbonyl (C=O) groups is 2. The van der Waals surface area contributed by atoms with Crippen LogP contribution in [0.2, 0.25) is 0 Å². The molecule has 21 heavy (non-hydrogen) atoms. The summed E-state index contributed by atoms with van der Waals surface area (Å²) in [6.07, 6.45) is 0.173. The molecule has 0 aliphatic carbocycles. The molecular formula is C15H20N2O4. The molecule has 1 amide bonds. The van der Waals surface area contributed by atoms with Gasteiger partial charge in [-0.1, -0.05) is 6.07 Å². The van der Waals surface area contributed by atoms with Crippen molar-refractivity contribution in [1.82, 2.24) is 4.90 Å². The van der Waals surface area contributed by atoms with Gasteiger partial charge in [0, 0.05) is 6.04 Å². The number of fused-ring (bicyclic) bond motifs is 1. The third-order valence-electron chi connectivity index (χ3n) is 3.59. The Hall–Kier alpha value is -2.08. The summed E-state index contributed by atoms with van der Waals surface area (Å²) in [6.45, 7) is 1.70. The van der Waals surface area contributed by atoms with Gasteiger partial charge in [0.2, 0.25) is 0 Å². The third-order valence-corrected chi connectivity index (χ3v) is 3.59. The summed E-state index contributed by atoms with van der Waals surface area (Å²) in [6, 6.07) is 5.46. The minimum atomic E-state index is -0.822. The number of hydrogen-bond donors (Lipinski definition) is 2. The van der Waals surface area contributed by atoms with Crippen LogP contribution in [0, 0.1) is 0 Å². The predicted octanol–water partition coefficient (Wildman–Crippen LogP) is 1.35. The van der Waals surface area contributed by atoms with E-state index < -0.39 is 12.1 Å². The van der Waals surface area contributed by atoms with Gasteiger partial charge in [-0.2, -0.15) is 0 Å². The maximum Gasteiger partial charge on any atom is 0.304 e. The van der Waals surface area contributed by atoms with E-state index in [4.69, 9.17) is 9.84 Å². The van der Waals surface area contributed by atoms with Gasteiger partial charge >= 0.3 is 5.97 Å². The smallest absolute Gasteiger partial charge is 0.304 e. The molecule has 1 aromatic rings. The minimum Gasteiger partial charge on any atom is -0.481 e.